The molecule has 0 aromatic carbocycles. The molecule has 7 heteroatoms. The minimum absolute atomic E-state index is 0.0294. The van der Waals surface area contributed by atoms with Gasteiger partial charge in [0.2, 0.25) is 10.0 Å². The minimum atomic E-state index is -3.28. The van der Waals surface area contributed by atoms with Crippen LogP contribution in [0.5, 0.6) is 0 Å². The van der Waals surface area contributed by atoms with Crippen molar-refractivity contribution in [2.75, 3.05) is 16.4 Å². The van der Waals surface area contributed by atoms with Crippen LogP contribution in [-0.2, 0) is 17.1 Å². The standard InChI is InChI=1S/C7H12ClN3O2S/c1-11-7(3-5-9-11)10-14(12,13)6-2-4-8/h3,5,10H,2,4,6H2,1H3. The molecule has 1 aromatic heterocycles. The third-order valence-electron chi connectivity index (χ3n) is 1.63. The van der Waals surface area contributed by atoms with Crippen molar-refractivity contribution in [3.63, 3.8) is 0 Å². The second kappa shape index (κ2) is 4.65. The molecule has 0 spiro atoms. The van der Waals surface area contributed by atoms with Crippen LogP contribution >= 0.6 is 11.6 Å². The fraction of sp³-hybridized carbons (Fsp3) is 0.571. The van der Waals surface area contributed by atoms with Crippen molar-refractivity contribution in [3.05, 3.63) is 12.3 Å². The molecule has 0 amide bonds. The van der Waals surface area contributed by atoms with Crippen LogP contribution in [0, 0.1) is 0 Å². The number of aromatic nitrogens is 2. The molecule has 1 rings (SSSR count). The van der Waals surface area contributed by atoms with Gasteiger partial charge in [-0.3, -0.25) is 9.40 Å². The topological polar surface area (TPSA) is 64.0 Å². The number of alkyl halides is 1. The van der Waals surface area contributed by atoms with Gasteiger partial charge in [0.25, 0.3) is 0 Å². The van der Waals surface area contributed by atoms with Gasteiger partial charge >= 0.3 is 0 Å². The van der Waals surface area contributed by atoms with Gasteiger partial charge < -0.3 is 0 Å². The summed E-state index contributed by atoms with van der Waals surface area (Å²) in [5.41, 5.74) is 0. The molecule has 0 fully saturated rings. The largest absolute Gasteiger partial charge is 0.268 e. The number of nitrogens with one attached hydrogen (secondary N) is 1. The van der Waals surface area contributed by atoms with Gasteiger partial charge in [-0.1, -0.05) is 0 Å². The van der Waals surface area contributed by atoms with E-state index < -0.39 is 10.0 Å². The first-order valence-corrected chi connectivity index (χ1v) is 6.28. The van der Waals surface area contributed by atoms with Gasteiger partial charge in [0.1, 0.15) is 5.82 Å². The maximum Gasteiger partial charge on any atom is 0.233 e. The monoisotopic (exact) mass is 237 g/mol. The van der Waals surface area contributed by atoms with Crippen molar-refractivity contribution in [2.45, 2.75) is 6.42 Å². The van der Waals surface area contributed by atoms with E-state index in [0.29, 0.717) is 18.1 Å². The molecular formula is C7H12ClN3O2S. The summed E-state index contributed by atoms with van der Waals surface area (Å²) in [5, 5.41) is 3.84. The van der Waals surface area contributed by atoms with Crippen molar-refractivity contribution < 1.29 is 8.42 Å². The number of anilines is 1. The van der Waals surface area contributed by atoms with E-state index in [1.807, 2.05) is 0 Å². The highest BCUT2D eigenvalue weighted by Gasteiger charge is 2.11. The maximum atomic E-state index is 11.4. The molecule has 0 saturated carbocycles. The third kappa shape index (κ3) is 3.19. The molecule has 1 heterocycles. The Labute approximate surface area is 88.1 Å². The molecule has 1 N–H and O–H groups in total. The molecular weight excluding hydrogens is 226 g/mol. The van der Waals surface area contributed by atoms with Crippen molar-refractivity contribution in [3.8, 4) is 0 Å². The molecule has 0 radical (unpaired) electrons. The van der Waals surface area contributed by atoms with Crippen LogP contribution in [0.4, 0.5) is 5.82 Å². The summed E-state index contributed by atoms with van der Waals surface area (Å²) >= 11 is 5.41. The lowest BCUT2D eigenvalue weighted by molar-refractivity contribution is 0.599. The molecule has 0 aliphatic carbocycles. The molecule has 0 atom stereocenters. The fourth-order valence-electron chi connectivity index (χ4n) is 0.929. The number of nitrogens with zero attached hydrogens (tertiary/aromatic N) is 2. The van der Waals surface area contributed by atoms with E-state index in [9.17, 15) is 8.42 Å². The molecule has 0 unspecified atom stereocenters. The van der Waals surface area contributed by atoms with Gasteiger partial charge in [0.05, 0.1) is 11.9 Å². The smallest absolute Gasteiger partial charge is 0.233 e. The number of hydrogen-bond acceptors (Lipinski definition) is 3. The van der Waals surface area contributed by atoms with Crippen LogP contribution in [0.15, 0.2) is 12.3 Å². The van der Waals surface area contributed by atoms with Crippen LogP contribution < -0.4 is 4.72 Å². The molecule has 0 aliphatic rings. The quantitative estimate of drug-likeness (QED) is 0.771. The highest BCUT2D eigenvalue weighted by atomic mass is 35.5. The van der Waals surface area contributed by atoms with Crippen LogP contribution in [0.25, 0.3) is 0 Å². The first kappa shape index (κ1) is 11.3. The zero-order chi connectivity index (χ0) is 10.6. The summed E-state index contributed by atoms with van der Waals surface area (Å²) in [5.74, 6) is 0.827. The Morgan fingerprint density at radius 2 is 2.36 bits per heavy atom. The highest BCUT2D eigenvalue weighted by molar-refractivity contribution is 7.92. The van der Waals surface area contributed by atoms with E-state index in [4.69, 9.17) is 11.6 Å². The second-order valence-electron chi connectivity index (χ2n) is 2.80. The third-order valence-corrected chi connectivity index (χ3v) is 3.24. The average molecular weight is 238 g/mol. The maximum absolute atomic E-state index is 11.4. The number of rotatable bonds is 5. The summed E-state index contributed by atoms with van der Waals surface area (Å²) < 4.78 is 26.7. The van der Waals surface area contributed by atoms with Crippen LogP contribution in [0.2, 0.25) is 0 Å². The molecule has 0 aliphatic heterocycles. The van der Waals surface area contributed by atoms with E-state index in [-0.39, 0.29) is 5.75 Å². The van der Waals surface area contributed by atoms with E-state index in [0.717, 1.165) is 0 Å². The Balaban J connectivity index is 2.64. The van der Waals surface area contributed by atoms with E-state index >= 15 is 0 Å². The van der Waals surface area contributed by atoms with E-state index in [1.54, 1.807) is 13.1 Å². The number of sulfonamides is 1. The molecule has 0 bridgehead atoms. The minimum Gasteiger partial charge on any atom is -0.268 e. The van der Waals surface area contributed by atoms with Crippen molar-refractivity contribution in [1.82, 2.24) is 9.78 Å². The molecule has 1 aromatic rings. The normalized spacial score (nSPS) is 11.6. The van der Waals surface area contributed by atoms with Gasteiger partial charge in [-0.2, -0.15) is 5.10 Å². The van der Waals surface area contributed by atoms with Gasteiger partial charge in [-0.25, -0.2) is 8.42 Å². The van der Waals surface area contributed by atoms with E-state index in [1.165, 1.54) is 10.9 Å². The van der Waals surface area contributed by atoms with Crippen LogP contribution in [-0.4, -0.2) is 29.8 Å². The predicted octanol–water partition coefficient (Wildman–Crippen LogP) is 0.791. The van der Waals surface area contributed by atoms with Crippen molar-refractivity contribution in [2.24, 2.45) is 7.05 Å². The van der Waals surface area contributed by atoms with Gasteiger partial charge in [-0.15, -0.1) is 11.6 Å². The lowest BCUT2D eigenvalue weighted by atomic mass is 10.6. The number of aryl methyl sites for hydroxylation is 1. The zero-order valence-electron chi connectivity index (χ0n) is 7.77. The summed E-state index contributed by atoms with van der Waals surface area (Å²) in [6, 6.07) is 1.60. The Kier molecular flexibility index (Phi) is 3.77. The summed E-state index contributed by atoms with van der Waals surface area (Å²) in [6.45, 7) is 0. The lowest BCUT2D eigenvalue weighted by Crippen LogP contribution is -2.18. The zero-order valence-corrected chi connectivity index (χ0v) is 9.35. The predicted molar refractivity (Wildman–Crippen MR) is 56.0 cm³/mol. The first-order chi connectivity index (χ1) is 6.55. The Bertz CT molecular complexity index is 387. The number of hydrogen-bond donors (Lipinski definition) is 1. The van der Waals surface area contributed by atoms with Gasteiger partial charge in [-0.05, 0) is 6.42 Å². The summed E-state index contributed by atoms with van der Waals surface area (Å²) in [7, 11) is -1.62. The molecule has 0 saturated heterocycles. The summed E-state index contributed by atoms with van der Waals surface area (Å²) in [6.07, 6.45) is 1.97. The molecule has 80 valence electrons. The Hall–Kier alpha value is -0.750. The van der Waals surface area contributed by atoms with Gasteiger partial charge in [0, 0.05) is 19.0 Å². The second-order valence-corrected chi connectivity index (χ2v) is 5.02. The Morgan fingerprint density at radius 1 is 1.64 bits per heavy atom. The van der Waals surface area contributed by atoms with E-state index in [2.05, 4.69) is 9.82 Å². The Morgan fingerprint density at radius 3 is 2.86 bits per heavy atom. The SMILES string of the molecule is Cn1nccc1NS(=O)(=O)CCCCl. The molecule has 14 heavy (non-hydrogen) atoms. The summed E-state index contributed by atoms with van der Waals surface area (Å²) in [4.78, 5) is 0. The fourth-order valence-corrected chi connectivity index (χ4v) is 2.37. The van der Waals surface area contributed by atoms with Crippen molar-refractivity contribution in [1.29, 1.82) is 0 Å². The number of halogens is 1. The first-order valence-electron chi connectivity index (χ1n) is 4.09. The van der Waals surface area contributed by atoms with Crippen LogP contribution in [0.3, 0.4) is 0 Å². The van der Waals surface area contributed by atoms with Crippen LogP contribution in [0.1, 0.15) is 6.42 Å². The highest BCUT2D eigenvalue weighted by Crippen LogP contribution is 2.07. The lowest BCUT2D eigenvalue weighted by Gasteiger charge is -2.06. The van der Waals surface area contributed by atoms with Gasteiger partial charge in [0.15, 0.2) is 0 Å². The molecule has 5 nitrogen and oxygen atoms in total. The van der Waals surface area contributed by atoms with Crippen molar-refractivity contribution >= 4 is 27.4 Å². The average Bonchev–Trinajstić information content (AvgIpc) is 2.48.